The molecule has 176 valence electrons. The lowest BCUT2D eigenvalue weighted by atomic mass is 9.92. The molecule has 2 atom stereocenters. The van der Waals surface area contributed by atoms with Crippen LogP contribution in [0.5, 0.6) is 51.7 Å². The highest BCUT2D eigenvalue weighted by Gasteiger charge is 2.39. The van der Waals surface area contributed by atoms with Crippen molar-refractivity contribution in [3.8, 4) is 51.7 Å². The maximum atomic E-state index is 12.6. The van der Waals surface area contributed by atoms with Gasteiger partial charge in [0.05, 0.1) is 11.1 Å². The monoisotopic (exact) mass is 472 g/mol. The summed E-state index contributed by atoms with van der Waals surface area (Å²) in [6, 6.07) is 5.34. The summed E-state index contributed by atoms with van der Waals surface area (Å²) >= 11 is 0. The van der Waals surface area contributed by atoms with Gasteiger partial charge >= 0.3 is 5.97 Å². The fraction of sp³-hybridized carbons (Fsp3) is 0.0909. The molecule has 0 radical (unpaired) electrons. The molecule has 0 fully saturated rings. The number of hydrogen-bond donors (Lipinski definition) is 8. The van der Waals surface area contributed by atoms with Gasteiger partial charge in [0.1, 0.15) is 23.4 Å². The number of benzene rings is 3. The standard InChI is InChI=1S/C22H16O12/c23-9-5-10(24)16-15(6-9)33-20(19(31)18(16)30)7-1-13(27)21(14(28)2-7)34-22(32)8-3-11(25)17(29)12(26)4-8/h1-6,18,20,23-30H/t18?,20-/m1/s1. The van der Waals surface area contributed by atoms with Gasteiger partial charge in [0, 0.05) is 17.7 Å². The molecule has 1 aliphatic rings. The molecular weight excluding hydrogens is 456 g/mol. The van der Waals surface area contributed by atoms with Gasteiger partial charge in [0.15, 0.2) is 34.9 Å². The van der Waals surface area contributed by atoms with E-state index in [2.05, 4.69) is 0 Å². The van der Waals surface area contributed by atoms with Gasteiger partial charge in [0.2, 0.25) is 11.5 Å². The Labute approximate surface area is 189 Å². The summed E-state index contributed by atoms with van der Waals surface area (Å²) in [6.07, 6.45) is -3.41. The van der Waals surface area contributed by atoms with E-state index in [4.69, 9.17) is 9.47 Å². The third kappa shape index (κ3) is 3.67. The van der Waals surface area contributed by atoms with Crippen molar-refractivity contribution in [3.05, 3.63) is 53.1 Å². The van der Waals surface area contributed by atoms with E-state index in [1.165, 1.54) is 0 Å². The Hall–Kier alpha value is -4.84. The number of carbonyl (C=O) groups excluding carboxylic acids is 2. The zero-order valence-electron chi connectivity index (χ0n) is 16.8. The van der Waals surface area contributed by atoms with E-state index >= 15 is 0 Å². The molecule has 0 aromatic heterocycles. The Morgan fingerprint density at radius 1 is 0.794 bits per heavy atom. The highest BCUT2D eigenvalue weighted by molar-refractivity contribution is 5.94. The molecule has 1 aliphatic heterocycles. The summed E-state index contributed by atoms with van der Waals surface area (Å²) in [5, 5.41) is 78.9. The minimum Gasteiger partial charge on any atom is -0.508 e. The second kappa shape index (κ2) is 7.94. The van der Waals surface area contributed by atoms with E-state index < -0.39 is 75.5 Å². The summed E-state index contributed by atoms with van der Waals surface area (Å²) in [7, 11) is 0. The van der Waals surface area contributed by atoms with Crippen LogP contribution in [-0.2, 0) is 4.79 Å². The second-order valence-electron chi connectivity index (χ2n) is 7.32. The van der Waals surface area contributed by atoms with Crippen LogP contribution in [0, 0.1) is 0 Å². The van der Waals surface area contributed by atoms with Crippen LogP contribution in [0.15, 0.2) is 36.4 Å². The number of fused-ring (bicyclic) bond motifs is 1. The van der Waals surface area contributed by atoms with Gasteiger partial charge in [-0.3, -0.25) is 4.79 Å². The first-order valence-electron chi connectivity index (χ1n) is 9.45. The zero-order chi connectivity index (χ0) is 24.9. The molecule has 1 heterocycles. The molecular formula is C22H16O12. The Bertz CT molecular complexity index is 1300. The van der Waals surface area contributed by atoms with E-state index in [9.17, 15) is 50.4 Å². The molecule has 0 spiro atoms. The Kier molecular flexibility index (Phi) is 5.22. The van der Waals surface area contributed by atoms with Crippen LogP contribution < -0.4 is 9.47 Å². The van der Waals surface area contributed by atoms with Crippen LogP contribution in [0.1, 0.15) is 33.7 Å². The fourth-order valence-electron chi connectivity index (χ4n) is 3.42. The Balaban J connectivity index is 1.65. The lowest BCUT2D eigenvalue weighted by Gasteiger charge is -2.29. The number of carbonyl (C=O) groups is 2. The molecule has 3 aromatic rings. The topological polar surface area (TPSA) is 214 Å². The molecule has 0 bridgehead atoms. The van der Waals surface area contributed by atoms with E-state index in [0.717, 1.165) is 36.4 Å². The first-order chi connectivity index (χ1) is 16.0. The maximum absolute atomic E-state index is 12.6. The van der Waals surface area contributed by atoms with Crippen LogP contribution in [-0.4, -0.2) is 52.6 Å². The minimum atomic E-state index is -1.84. The molecule has 0 saturated carbocycles. The first-order valence-corrected chi connectivity index (χ1v) is 9.45. The smallest absolute Gasteiger partial charge is 0.344 e. The molecule has 3 aromatic carbocycles. The number of Topliss-reactive ketones (excluding diaryl/α,β-unsaturated/α-hetero) is 1. The van der Waals surface area contributed by atoms with Gasteiger partial charge in [0.25, 0.3) is 0 Å². The van der Waals surface area contributed by atoms with Gasteiger partial charge in [-0.1, -0.05) is 0 Å². The lowest BCUT2D eigenvalue weighted by molar-refractivity contribution is -0.137. The van der Waals surface area contributed by atoms with Gasteiger partial charge in [-0.25, -0.2) is 4.79 Å². The molecule has 8 N–H and O–H groups in total. The van der Waals surface area contributed by atoms with Crippen LogP contribution in [0.25, 0.3) is 0 Å². The molecule has 12 nitrogen and oxygen atoms in total. The normalized spacial score (nSPS) is 17.0. The molecule has 1 unspecified atom stereocenters. The van der Waals surface area contributed by atoms with Crippen molar-refractivity contribution in [1.29, 1.82) is 0 Å². The third-order valence-electron chi connectivity index (χ3n) is 5.03. The van der Waals surface area contributed by atoms with E-state index in [1.54, 1.807) is 0 Å². The first kappa shape index (κ1) is 22.4. The number of esters is 1. The van der Waals surface area contributed by atoms with E-state index in [1.807, 2.05) is 0 Å². The number of aliphatic hydroxyl groups excluding tert-OH is 1. The summed E-state index contributed by atoms with van der Waals surface area (Å²) in [4.78, 5) is 24.9. The lowest BCUT2D eigenvalue weighted by Crippen LogP contribution is -2.30. The summed E-state index contributed by atoms with van der Waals surface area (Å²) < 4.78 is 10.4. The molecule has 0 aliphatic carbocycles. The van der Waals surface area contributed by atoms with Crippen LogP contribution in [0.2, 0.25) is 0 Å². The highest BCUT2D eigenvalue weighted by Crippen LogP contribution is 2.47. The van der Waals surface area contributed by atoms with Crippen molar-refractivity contribution < 1.29 is 59.9 Å². The number of aromatic hydroxyl groups is 7. The van der Waals surface area contributed by atoms with Gasteiger partial charge in [-0.15, -0.1) is 0 Å². The predicted molar refractivity (Wildman–Crippen MR) is 109 cm³/mol. The van der Waals surface area contributed by atoms with Crippen molar-refractivity contribution in [2.45, 2.75) is 12.2 Å². The van der Waals surface area contributed by atoms with Crippen LogP contribution in [0.4, 0.5) is 0 Å². The number of rotatable bonds is 3. The average molecular weight is 472 g/mol. The molecule has 34 heavy (non-hydrogen) atoms. The van der Waals surface area contributed by atoms with Gasteiger partial charge < -0.3 is 50.3 Å². The SMILES string of the molecule is O=C(Oc1c(O)cc([C@H]2Oc3cc(O)cc(O)c3C(O)C2=O)cc1O)c1cc(O)c(O)c(O)c1. The second-order valence-corrected chi connectivity index (χ2v) is 7.32. The zero-order valence-corrected chi connectivity index (χ0v) is 16.8. The van der Waals surface area contributed by atoms with E-state index in [-0.39, 0.29) is 16.9 Å². The highest BCUT2D eigenvalue weighted by atomic mass is 16.5. The van der Waals surface area contributed by atoms with Crippen molar-refractivity contribution in [3.63, 3.8) is 0 Å². The predicted octanol–water partition coefficient (Wildman–Crippen LogP) is 1.58. The van der Waals surface area contributed by atoms with Gasteiger partial charge in [-0.05, 0) is 24.3 Å². The van der Waals surface area contributed by atoms with Crippen molar-refractivity contribution in [2.24, 2.45) is 0 Å². The summed E-state index contributed by atoms with van der Waals surface area (Å²) in [5.41, 5.74) is -0.855. The van der Waals surface area contributed by atoms with Gasteiger partial charge in [-0.2, -0.15) is 0 Å². The Morgan fingerprint density at radius 3 is 1.97 bits per heavy atom. The molecule has 4 rings (SSSR count). The van der Waals surface area contributed by atoms with Crippen LogP contribution >= 0.6 is 0 Å². The number of aliphatic hydroxyl groups is 1. The summed E-state index contributed by atoms with van der Waals surface area (Å²) in [5.74, 6) is -8.25. The molecule has 0 saturated heterocycles. The summed E-state index contributed by atoms with van der Waals surface area (Å²) in [6.45, 7) is 0. The number of ether oxygens (including phenoxy) is 2. The quantitative estimate of drug-likeness (QED) is 0.155. The van der Waals surface area contributed by atoms with Crippen molar-refractivity contribution in [2.75, 3.05) is 0 Å². The number of phenolic OH excluding ortho intramolecular Hbond substituents is 7. The minimum absolute atomic E-state index is 0.160. The maximum Gasteiger partial charge on any atom is 0.344 e. The fourth-order valence-corrected chi connectivity index (χ4v) is 3.42. The van der Waals surface area contributed by atoms with Crippen molar-refractivity contribution in [1.82, 2.24) is 0 Å². The number of hydrogen-bond acceptors (Lipinski definition) is 12. The average Bonchev–Trinajstić information content (AvgIpc) is 2.75. The van der Waals surface area contributed by atoms with Crippen LogP contribution in [0.3, 0.4) is 0 Å². The van der Waals surface area contributed by atoms with E-state index in [0.29, 0.717) is 0 Å². The largest absolute Gasteiger partial charge is 0.508 e. The molecule has 12 heteroatoms. The number of ketones is 1. The molecule has 0 amide bonds. The number of phenols is 7. The Morgan fingerprint density at radius 2 is 1.38 bits per heavy atom. The third-order valence-corrected chi connectivity index (χ3v) is 5.03. The van der Waals surface area contributed by atoms with Crippen molar-refractivity contribution >= 4 is 11.8 Å².